The first-order valence-corrected chi connectivity index (χ1v) is 7.01. The van der Waals surface area contributed by atoms with Gasteiger partial charge in [0.25, 0.3) is 0 Å². The lowest BCUT2D eigenvalue weighted by atomic mass is 10.3. The number of rotatable bonds is 6. The zero-order valence-corrected chi connectivity index (χ0v) is 13.2. The molecular formula is C18H16O6. The SMILES string of the molecule is COc1ccccc1OC(=O)/C=C\C(=O)Oc1ccccc1OC. The average Bonchev–Trinajstić information content (AvgIpc) is 2.61. The molecule has 0 aromatic heterocycles. The highest BCUT2D eigenvalue weighted by molar-refractivity contribution is 5.93. The first-order chi connectivity index (χ1) is 11.6. The van der Waals surface area contributed by atoms with Gasteiger partial charge in [0.2, 0.25) is 0 Å². The van der Waals surface area contributed by atoms with E-state index in [0.717, 1.165) is 12.2 Å². The van der Waals surface area contributed by atoms with Crippen LogP contribution in [0.3, 0.4) is 0 Å². The Morgan fingerprint density at radius 3 is 1.33 bits per heavy atom. The Kier molecular flexibility index (Phi) is 5.96. The molecule has 0 unspecified atom stereocenters. The van der Waals surface area contributed by atoms with Crippen molar-refractivity contribution in [2.24, 2.45) is 0 Å². The summed E-state index contributed by atoms with van der Waals surface area (Å²) in [7, 11) is 2.93. The summed E-state index contributed by atoms with van der Waals surface area (Å²) < 4.78 is 20.3. The highest BCUT2D eigenvalue weighted by atomic mass is 16.6. The molecule has 2 rings (SSSR count). The number of ether oxygens (including phenoxy) is 4. The second-order valence-corrected chi connectivity index (χ2v) is 4.48. The van der Waals surface area contributed by atoms with Crippen LogP contribution in [0.4, 0.5) is 0 Å². The molecule has 24 heavy (non-hydrogen) atoms. The Balaban J connectivity index is 1.97. The Labute approximate surface area is 139 Å². The fraction of sp³-hybridized carbons (Fsp3) is 0.111. The second-order valence-electron chi connectivity index (χ2n) is 4.48. The van der Waals surface area contributed by atoms with E-state index >= 15 is 0 Å². The van der Waals surface area contributed by atoms with Crippen LogP contribution in [-0.4, -0.2) is 26.2 Å². The maximum atomic E-state index is 11.8. The van der Waals surface area contributed by atoms with Crippen LogP contribution in [-0.2, 0) is 9.59 Å². The molecule has 0 amide bonds. The molecule has 6 heteroatoms. The number of carbonyl (C=O) groups is 2. The number of methoxy groups -OCH3 is 2. The molecule has 6 nitrogen and oxygen atoms in total. The van der Waals surface area contributed by atoms with Gasteiger partial charge in [-0.15, -0.1) is 0 Å². The van der Waals surface area contributed by atoms with Crippen LogP contribution in [0.1, 0.15) is 0 Å². The van der Waals surface area contributed by atoms with Gasteiger partial charge in [0.1, 0.15) is 0 Å². The fourth-order valence-corrected chi connectivity index (χ4v) is 1.83. The molecular weight excluding hydrogens is 312 g/mol. The van der Waals surface area contributed by atoms with E-state index in [9.17, 15) is 9.59 Å². The molecule has 124 valence electrons. The van der Waals surface area contributed by atoms with Gasteiger partial charge in [-0.2, -0.15) is 0 Å². The molecule has 0 fully saturated rings. The van der Waals surface area contributed by atoms with Gasteiger partial charge in [-0.05, 0) is 24.3 Å². The maximum absolute atomic E-state index is 11.8. The van der Waals surface area contributed by atoms with Crippen LogP contribution in [0.15, 0.2) is 60.7 Å². The number of para-hydroxylation sites is 4. The average molecular weight is 328 g/mol. The monoisotopic (exact) mass is 328 g/mol. The van der Waals surface area contributed by atoms with E-state index in [0.29, 0.717) is 11.5 Å². The topological polar surface area (TPSA) is 71.1 Å². The molecule has 2 aromatic rings. The Morgan fingerprint density at radius 1 is 0.667 bits per heavy atom. The third-order valence-electron chi connectivity index (χ3n) is 2.91. The van der Waals surface area contributed by atoms with Gasteiger partial charge in [-0.1, -0.05) is 24.3 Å². The van der Waals surface area contributed by atoms with E-state index in [1.165, 1.54) is 14.2 Å². The third kappa shape index (κ3) is 4.61. The lowest BCUT2D eigenvalue weighted by molar-refractivity contribution is -0.131. The maximum Gasteiger partial charge on any atom is 0.336 e. The van der Waals surface area contributed by atoms with E-state index in [1.54, 1.807) is 48.5 Å². The van der Waals surface area contributed by atoms with Crippen molar-refractivity contribution in [1.29, 1.82) is 0 Å². The summed E-state index contributed by atoms with van der Waals surface area (Å²) in [5.74, 6) is -0.111. The van der Waals surface area contributed by atoms with Crippen molar-refractivity contribution >= 4 is 11.9 Å². The first kappa shape index (κ1) is 17.1. The van der Waals surface area contributed by atoms with E-state index in [4.69, 9.17) is 18.9 Å². The van der Waals surface area contributed by atoms with E-state index < -0.39 is 11.9 Å². The molecule has 0 aliphatic heterocycles. The predicted molar refractivity (Wildman–Crippen MR) is 86.4 cm³/mol. The van der Waals surface area contributed by atoms with Gasteiger partial charge in [-0.25, -0.2) is 9.59 Å². The molecule has 0 aliphatic rings. The van der Waals surface area contributed by atoms with E-state index in [2.05, 4.69) is 0 Å². The number of carbonyl (C=O) groups excluding carboxylic acids is 2. The molecule has 0 bridgehead atoms. The smallest absolute Gasteiger partial charge is 0.336 e. The summed E-state index contributed by atoms with van der Waals surface area (Å²) >= 11 is 0. The van der Waals surface area contributed by atoms with Gasteiger partial charge in [0.15, 0.2) is 23.0 Å². The Hall–Kier alpha value is -3.28. The zero-order chi connectivity index (χ0) is 17.4. The van der Waals surface area contributed by atoms with Gasteiger partial charge < -0.3 is 18.9 Å². The minimum absolute atomic E-state index is 0.257. The van der Waals surface area contributed by atoms with Crippen LogP contribution in [0.5, 0.6) is 23.0 Å². The summed E-state index contributed by atoms with van der Waals surface area (Å²) in [6, 6.07) is 13.4. The van der Waals surface area contributed by atoms with Crippen LogP contribution in [0.2, 0.25) is 0 Å². The molecule has 0 heterocycles. The highest BCUT2D eigenvalue weighted by Crippen LogP contribution is 2.26. The Morgan fingerprint density at radius 2 is 1.00 bits per heavy atom. The quantitative estimate of drug-likeness (QED) is 0.461. The highest BCUT2D eigenvalue weighted by Gasteiger charge is 2.09. The van der Waals surface area contributed by atoms with Gasteiger partial charge in [-0.3, -0.25) is 0 Å². The summed E-state index contributed by atoms with van der Waals surface area (Å²) in [6.45, 7) is 0. The number of hydrogen-bond acceptors (Lipinski definition) is 6. The van der Waals surface area contributed by atoms with Gasteiger partial charge >= 0.3 is 11.9 Å². The minimum atomic E-state index is -0.725. The number of esters is 2. The van der Waals surface area contributed by atoms with Crippen molar-refractivity contribution in [3.63, 3.8) is 0 Å². The van der Waals surface area contributed by atoms with Crippen LogP contribution < -0.4 is 18.9 Å². The summed E-state index contributed by atoms with van der Waals surface area (Å²) in [5, 5.41) is 0. The predicted octanol–water partition coefficient (Wildman–Crippen LogP) is 2.77. The van der Waals surface area contributed by atoms with Crippen molar-refractivity contribution in [1.82, 2.24) is 0 Å². The Bertz CT molecular complexity index is 687. The van der Waals surface area contributed by atoms with Crippen molar-refractivity contribution in [3.8, 4) is 23.0 Å². The summed E-state index contributed by atoms with van der Waals surface area (Å²) in [5.41, 5.74) is 0. The molecule has 0 N–H and O–H groups in total. The molecule has 0 aliphatic carbocycles. The molecule has 0 spiro atoms. The summed E-state index contributed by atoms with van der Waals surface area (Å²) in [4.78, 5) is 23.5. The molecule has 0 radical (unpaired) electrons. The number of hydrogen-bond donors (Lipinski definition) is 0. The lowest BCUT2D eigenvalue weighted by Gasteiger charge is -2.07. The van der Waals surface area contributed by atoms with Crippen LogP contribution >= 0.6 is 0 Å². The second kappa shape index (κ2) is 8.38. The lowest BCUT2D eigenvalue weighted by Crippen LogP contribution is -2.09. The van der Waals surface area contributed by atoms with Crippen molar-refractivity contribution < 1.29 is 28.5 Å². The van der Waals surface area contributed by atoms with Crippen molar-refractivity contribution in [2.75, 3.05) is 14.2 Å². The van der Waals surface area contributed by atoms with E-state index in [1.807, 2.05) is 0 Å². The molecule has 0 atom stereocenters. The largest absolute Gasteiger partial charge is 0.493 e. The third-order valence-corrected chi connectivity index (χ3v) is 2.91. The van der Waals surface area contributed by atoms with Crippen LogP contribution in [0.25, 0.3) is 0 Å². The molecule has 0 saturated carbocycles. The minimum Gasteiger partial charge on any atom is -0.493 e. The van der Waals surface area contributed by atoms with Crippen LogP contribution in [0, 0.1) is 0 Å². The van der Waals surface area contributed by atoms with Crippen molar-refractivity contribution in [3.05, 3.63) is 60.7 Å². The number of benzene rings is 2. The van der Waals surface area contributed by atoms with Gasteiger partial charge in [0.05, 0.1) is 14.2 Å². The van der Waals surface area contributed by atoms with E-state index in [-0.39, 0.29) is 11.5 Å². The fourth-order valence-electron chi connectivity index (χ4n) is 1.83. The normalized spacial score (nSPS) is 10.2. The standard InChI is InChI=1S/C18H16O6/c1-21-13-7-3-5-9-15(13)23-17(19)11-12-18(20)24-16-10-6-4-8-14(16)22-2/h3-12H,1-2H3/b12-11-. The zero-order valence-electron chi connectivity index (χ0n) is 13.2. The summed E-state index contributed by atoms with van der Waals surface area (Å²) in [6.07, 6.45) is 1.95. The van der Waals surface area contributed by atoms with Gasteiger partial charge in [0, 0.05) is 12.2 Å². The first-order valence-electron chi connectivity index (χ1n) is 7.01. The molecule has 0 saturated heterocycles. The van der Waals surface area contributed by atoms with Crippen molar-refractivity contribution in [2.45, 2.75) is 0 Å². The molecule has 2 aromatic carbocycles.